The summed E-state index contributed by atoms with van der Waals surface area (Å²) in [6, 6.07) is 17.0. The molecule has 0 aliphatic rings. The number of thiazole rings is 1. The van der Waals surface area contributed by atoms with Crippen LogP contribution >= 0.6 is 11.3 Å². The van der Waals surface area contributed by atoms with Crippen LogP contribution in [0.15, 0.2) is 59.0 Å². The Bertz CT molecular complexity index is 929. The molecule has 0 aliphatic heterocycles. The van der Waals surface area contributed by atoms with Gasteiger partial charge >= 0.3 is 0 Å². The average molecular weight is 349 g/mol. The van der Waals surface area contributed by atoms with E-state index in [9.17, 15) is 0 Å². The zero-order chi connectivity index (χ0) is 17.5. The minimum Gasteiger partial charge on any atom is -0.489 e. The molecule has 3 rings (SSSR count). The van der Waals surface area contributed by atoms with Gasteiger partial charge in [-0.2, -0.15) is 10.4 Å². The van der Waals surface area contributed by atoms with Gasteiger partial charge in [0.25, 0.3) is 0 Å². The van der Waals surface area contributed by atoms with Crippen molar-refractivity contribution < 1.29 is 4.74 Å². The van der Waals surface area contributed by atoms with Gasteiger partial charge in [0.05, 0.1) is 17.8 Å². The van der Waals surface area contributed by atoms with E-state index in [4.69, 9.17) is 15.7 Å². The summed E-state index contributed by atoms with van der Waals surface area (Å²) in [5, 5.41) is 15.4. The third kappa shape index (κ3) is 4.80. The first kappa shape index (κ1) is 16.5. The Morgan fingerprint density at radius 1 is 1.28 bits per heavy atom. The molecule has 0 radical (unpaired) electrons. The lowest BCUT2D eigenvalue weighted by molar-refractivity contribution is 0.306. The van der Waals surface area contributed by atoms with Crippen LogP contribution in [0.5, 0.6) is 5.75 Å². The van der Waals surface area contributed by atoms with Crippen molar-refractivity contribution in [1.29, 1.82) is 5.26 Å². The van der Waals surface area contributed by atoms with Crippen molar-refractivity contribution in [2.45, 2.75) is 6.61 Å². The molecule has 0 fully saturated rings. The maximum absolute atomic E-state index is 8.93. The van der Waals surface area contributed by atoms with Gasteiger partial charge in [-0.15, -0.1) is 11.3 Å². The molecule has 3 aromatic rings. The zero-order valence-corrected chi connectivity index (χ0v) is 14.0. The number of nitrogens with one attached hydrogen (secondary N) is 1. The second-order valence-corrected chi connectivity index (χ2v) is 5.98. The van der Waals surface area contributed by atoms with Crippen molar-refractivity contribution in [3.05, 3.63) is 70.6 Å². The number of hydrogen-bond acceptors (Lipinski definition) is 7. The lowest BCUT2D eigenvalue weighted by Crippen LogP contribution is -1.97. The number of rotatable bonds is 6. The third-order valence-electron chi connectivity index (χ3n) is 3.22. The molecule has 2 aromatic carbocycles. The van der Waals surface area contributed by atoms with Gasteiger partial charge in [-0.05, 0) is 35.4 Å². The fourth-order valence-corrected chi connectivity index (χ4v) is 2.63. The molecule has 6 nitrogen and oxygen atoms in total. The Morgan fingerprint density at radius 3 is 2.96 bits per heavy atom. The van der Waals surface area contributed by atoms with E-state index in [1.165, 1.54) is 11.3 Å². The SMILES string of the molecule is N#Cc1cccc(COc2cccc(C=NNc3nc(N)cs3)c2)c1. The standard InChI is InChI=1S/C18H15N5OS/c19-9-13-3-1-5-15(7-13)11-24-16-6-2-4-14(8-16)10-21-23-18-22-17(20)12-25-18/h1-8,10,12H,11,20H2,(H,22,23). The number of nitrogens with zero attached hydrogens (tertiary/aromatic N) is 3. The summed E-state index contributed by atoms with van der Waals surface area (Å²) in [5.41, 5.74) is 10.8. The Morgan fingerprint density at radius 2 is 2.16 bits per heavy atom. The topological polar surface area (TPSA) is 96.3 Å². The van der Waals surface area contributed by atoms with Gasteiger partial charge < -0.3 is 10.5 Å². The lowest BCUT2D eigenvalue weighted by atomic mass is 10.1. The molecular weight excluding hydrogens is 334 g/mol. The van der Waals surface area contributed by atoms with Gasteiger partial charge in [-0.25, -0.2) is 4.98 Å². The minimum absolute atomic E-state index is 0.396. The molecule has 0 amide bonds. The number of nitrogens with two attached hydrogens (primary N) is 1. The molecule has 3 N–H and O–H groups in total. The molecule has 0 unspecified atom stereocenters. The highest BCUT2D eigenvalue weighted by atomic mass is 32.1. The number of aromatic nitrogens is 1. The van der Waals surface area contributed by atoms with E-state index in [0.29, 0.717) is 23.1 Å². The smallest absolute Gasteiger partial charge is 0.205 e. The molecular formula is C18H15N5OS. The summed E-state index contributed by atoms with van der Waals surface area (Å²) in [5.74, 6) is 1.20. The van der Waals surface area contributed by atoms with Gasteiger partial charge in [0.1, 0.15) is 18.2 Å². The Balaban J connectivity index is 1.60. The van der Waals surface area contributed by atoms with Crippen LogP contribution in [0.25, 0.3) is 0 Å². The van der Waals surface area contributed by atoms with Crippen molar-refractivity contribution in [2.75, 3.05) is 11.2 Å². The van der Waals surface area contributed by atoms with Crippen LogP contribution in [-0.4, -0.2) is 11.2 Å². The maximum atomic E-state index is 8.93. The number of nitrogen functional groups attached to an aromatic ring is 1. The first-order valence-corrected chi connectivity index (χ1v) is 8.33. The molecule has 0 saturated heterocycles. The first-order chi connectivity index (χ1) is 12.2. The summed E-state index contributed by atoms with van der Waals surface area (Å²) in [6.45, 7) is 0.396. The van der Waals surface area contributed by atoms with Gasteiger partial charge in [0, 0.05) is 5.38 Å². The average Bonchev–Trinajstić information content (AvgIpc) is 3.06. The van der Waals surface area contributed by atoms with E-state index in [1.807, 2.05) is 42.5 Å². The van der Waals surface area contributed by atoms with Gasteiger partial charge in [-0.1, -0.05) is 24.3 Å². The molecule has 0 saturated carbocycles. The van der Waals surface area contributed by atoms with E-state index in [2.05, 4.69) is 21.6 Å². The number of hydrazone groups is 1. The van der Waals surface area contributed by atoms with E-state index in [0.717, 1.165) is 16.9 Å². The van der Waals surface area contributed by atoms with Crippen LogP contribution < -0.4 is 15.9 Å². The second kappa shape index (κ2) is 7.95. The molecule has 0 atom stereocenters. The number of ether oxygens (including phenoxy) is 1. The van der Waals surface area contributed by atoms with Gasteiger partial charge in [-0.3, -0.25) is 5.43 Å². The van der Waals surface area contributed by atoms with Crippen LogP contribution in [0.2, 0.25) is 0 Å². The van der Waals surface area contributed by atoms with Gasteiger partial charge in [0.2, 0.25) is 5.13 Å². The highest BCUT2D eigenvalue weighted by Crippen LogP contribution is 2.17. The number of nitriles is 1. The Labute approximate surface area is 149 Å². The normalized spacial score (nSPS) is 10.5. The second-order valence-electron chi connectivity index (χ2n) is 5.12. The molecule has 0 aliphatic carbocycles. The van der Waals surface area contributed by atoms with Crippen molar-refractivity contribution >= 4 is 28.5 Å². The van der Waals surface area contributed by atoms with Gasteiger partial charge in [0.15, 0.2) is 0 Å². The summed E-state index contributed by atoms with van der Waals surface area (Å²) in [4.78, 5) is 4.06. The Kier molecular flexibility index (Phi) is 5.24. The predicted molar refractivity (Wildman–Crippen MR) is 99.7 cm³/mol. The summed E-state index contributed by atoms with van der Waals surface area (Å²) in [7, 11) is 0. The molecule has 7 heteroatoms. The monoisotopic (exact) mass is 349 g/mol. The molecule has 1 aromatic heterocycles. The molecule has 0 bridgehead atoms. The van der Waals surface area contributed by atoms with Crippen LogP contribution in [0.1, 0.15) is 16.7 Å². The first-order valence-electron chi connectivity index (χ1n) is 7.45. The zero-order valence-electron chi connectivity index (χ0n) is 13.2. The van der Waals surface area contributed by atoms with Crippen molar-refractivity contribution in [1.82, 2.24) is 4.98 Å². The minimum atomic E-state index is 0.396. The van der Waals surface area contributed by atoms with E-state index >= 15 is 0 Å². The van der Waals surface area contributed by atoms with Crippen LogP contribution in [-0.2, 0) is 6.61 Å². The highest BCUT2D eigenvalue weighted by Gasteiger charge is 1.99. The summed E-state index contributed by atoms with van der Waals surface area (Å²) >= 11 is 1.39. The largest absolute Gasteiger partial charge is 0.489 e. The quantitative estimate of drug-likeness (QED) is 0.523. The third-order valence-corrected chi connectivity index (χ3v) is 3.98. The molecule has 124 valence electrons. The van der Waals surface area contributed by atoms with Crippen molar-refractivity contribution in [3.8, 4) is 11.8 Å². The molecule has 0 spiro atoms. The summed E-state index contributed by atoms with van der Waals surface area (Å²) < 4.78 is 5.78. The fraction of sp³-hybridized carbons (Fsp3) is 0.0556. The van der Waals surface area contributed by atoms with E-state index in [-0.39, 0.29) is 0 Å². The maximum Gasteiger partial charge on any atom is 0.205 e. The van der Waals surface area contributed by atoms with Crippen molar-refractivity contribution in [2.24, 2.45) is 5.10 Å². The number of anilines is 2. The molecule has 25 heavy (non-hydrogen) atoms. The van der Waals surface area contributed by atoms with E-state index < -0.39 is 0 Å². The van der Waals surface area contributed by atoms with Crippen LogP contribution in [0.3, 0.4) is 0 Å². The summed E-state index contributed by atoms with van der Waals surface area (Å²) in [6.07, 6.45) is 1.68. The predicted octanol–water partition coefficient (Wildman–Crippen LogP) is 3.62. The van der Waals surface area contributed by atoms with Crippen LogP contribution in [0, 0.1) is 11.3 Å². The molecule has 1 heterocycles. The van der Waals surface area contributed by atoms with E-state index in [1.54, 1.807) is 17.7 Å². The number of benzene rings is 2. The van der Waals surface area contributed by atoms with Crippen molar-refractivity contribution in [3.63, 3.8) is 0 Å². The lowest BCUT2D eigenvalue weighted by Gasteiger charge is -2.07. The fourth-order valence-electron chi connectivity index (χ4n) is 2.08. The number of hydrogen-bond donors (Lipinski definition) is 2. The Hall–Kier alpha value is -3.37. The highest BCUT2D eigenvalue weighted by molar-refractivity contribution is 7.14. The van der Waals surface area contributed by atoms with Crippen LogP contribution in [0.4, 0.5) is 10.9 Å².